The fourth-order valence-corrected chi connectivity index (χ4v) is 3.10. The van der Waals surface area contributed by atoms with E-state index in [2.05, 4.69) is 10.2 Å². The van der Waals surface area contributed by atoms with Gasteiger partial charge in [0.1, 0.15) is 22.9 Å². The van der Waals surface area contributed by atoms with Crippen LogP contribution in [-0.4, -0.2) is 43.8 Å². The summed E-state index contributed by atoms with van der Waals surface area (Å²) in [5.41, 5.74) is 1.09. The Hall–Kier alpha value is -3.19. The lowest BCUT2D eigenvalue weighted by Crippen LogP contribution is -2.36. The van der Waals surface area contributed by atoms with E-state index < -0.39 is 5.82 Å². The van der Waals surface area contributed by atoms with Crippen molar-refractivity contribution in [1.82, 2.24) is 4.98 Å². The lowest BCUT2D eigenvalue weighted by Gasteiger charge is -2.28. The fraction of sp³-hybridized carbons (Fsp3) is 0.238. The summed E-state index contributed by atoms with van der Waals surface area (Å²) in [5, 5.41) is 3.55. The number of hydrogen-bond donors (Lipinski definition) is 1. The number of amides is 1. The summed E-state index contributed by atoms with van der Waals surface area (Å²) in [5.74, 6) is 0.609. The van der Waals surface area contributed by atoms with Gasteiger partial charge in [-0.1, -0.05) is 18.2 Å². The number of rotatable bonds is 5. The zero-order valence-corrected chi connectivity index (χ0v) is 15.2. The number of pyridine rings is 1. The molecule has 0 spiro atoms. The number of halogens is 1. The molecule has 2 aromatic carbocycles. The van der Waals surface area contributed by atoms with E-state index >= 15 is 0 Å². The second kappa shape index (κ2) is 8.22. The van der Waals surface area contributed by atoms with Gasteiger partial charge in [-0.2, -0.15) is 0 Å². The SMILES string of the molecule is O=C(COc1cccc2ccc(N3CCOCC3)nc12)Nc1cccc(F)c1. The summed E-state index contributed by atoms with van der Waals surface area (Å²) >= 11 is 0. The first kappa shape index (κ1) is 18.2. The van der Waals surface area contributed by atoms with Gasteiger partial charge in [-0.25, -0.2) is 9.37 Å². The highest BCUT2D eigenvalue weighted by atomic mass is 19.1. The first-order valence-electron chi connectivity index (χ1n) is 9.10. The quantitative estimate of drug-likeness (QED) is 0.735. The summed E-state index contributed by atoms with van der Waals surface area (Å²) < 4.78 is 24.3. The van der Waals surface area contributed by atoms with Gasteiger partial charge in [-0.15, -0.1) is 0 Å². The third kappa shape index (κ3) is 4.20. The molecule has 7 heteroatoms. The molecular formula is C21H20FN3O3. The van der Waals surface area contributed by atoms with Gasteiger partial charge in [0.05, 0.1) is 13.2 Å². The molecule has 0 saturated carbocycles. The van der Waals surface area contributed by atoms with Crippen LogP contribution in [0.15, 0.2) is 54.6 Å². The zero-order valence-electron chi connectivity index (χ0n) is 15.2. The Morgan fingerprint density at radius 2 is 1.96 bits per heavy atom. The number of benzene rings is 2. The average Bonchev–Trinajstić information content (AvgIpc) is 2.72. The molecule has 0 radical (unpaired) electrons. The maximum atomic E-state index is 13.2. The molecule has 0 bridgehead atoms. The minimum absolute atomic E-state index is 0.195. The highest BCUT2D eigenvalue weighted by molar-refractivity contribution is 5.92. The van der Waals surface area contributed by atoms with Crippen molar-refractivity contribution in [3.63, 3.8) is 0 Å². The van der Waals surface area contributed by atoms with Gasteiger partial charge < -0.3 is 19.7 Å². The number of nitrogens with one attached hydrogen (secondary N) is 1. The van der Waals surface area contributed by atoms with Crippen molar-refractivity contribution < 1.29 is 18.7 Å². The van der Waals surface area contributed by atoms with Gasteiger partial charge in [0, 0.05) is 24.2 Å². The van der Waals surface area contributed by atoms with Gasteiger partial charge in [0.15, 0.2) is 6.61 Å². The molecule has 0 unspecified atom stereocenters. The van der Waals surface area contributed by atoms with Crippen LogP contribution in [0.4, 0.5) is 15.9 Å². The first-order valence-corrected chi connectivity index (χ1v) is 9.10. The summed E-state index contributed by atoms with van der Waals surface area (Å²) in [6.07, 6.45) is 0. The molecule has 2 heterocycles. The Labute approximate surface area is 161 Å². The summed E-state index contributed by atoms with van der Waals surface area (Å²) in [6.45, 7) is 2.74. The number of ether oxygens (including phenoxy) is 2. The number of para-hydroxylation sites is 1. The highest BCUT2D eigenvalue weighted by Crippen LogP contribution is 2.27. The Morgan fingerprint density at radius 3 is 2.79 bits per heavy atom. The van der Waals surface area contributed by atoms with Crippen LogP contribution in [0.25, 0.3) is 10.9 Å². The topological polar surface area (TPSA) is 63.7 Å². The third-order valence-corrected chi connectivity index (χ3v) is 4.47. The van der Waals surface area contributed by atoms with Crippen molar-refractivity contribution in [1.29, 1.82) is 0 Å². The molecule has 3 aromatic rings. The monoisotopic (exact) mass is 381 g/mol. The first-order chi connectivity index (χ1) is 13.7. The third-order valence-electron chi connectivity index (χ3n) is 4.47. The summed E-state index contributed by atoms with van der Waals surface area (Å²) in [6, 6.07) is 15.3. The van der Waals surface area contributed by atoms with E-state index in [1.54, 1.807) is 12.1 Å². The van der Waals surface area contributed by atoms with Gasteiger partial charge >= 0.3 is 0 Å². The van der Waals surface area contributed by atoms with E-state index in [1.807, 2.05) is 24.3 Å². The van der Waals surface area contributed by atoms with Crippen LogP contribution in [-0.2, 0) is 9.53 Å². The van der Waals surface area contributed by atoms with Crippen molar-refractivity contribution in [2.24, 2.45) is 0 Å². The predicted molar refractivity (Wildman–Crippen MR) is 105 cm³/mol. The fourth-order valence-electron chi connectivity index (χ4n) is 3.10. The van der Waals surface area contributed by atoms with Gasteiger partial charge in [-0.3, -0.25) is 4.79 Å². The largest absolute Gasteiger partial charge is 0.481 e. The number of carbonyl (C=O) groups excluding carboxylic acids is 1. The Kier molecular flexibility index (Phi) is 5.34. The number of fused-ring (bicyclic) bond motifs is 1. The van der Waals surface area contributed by atoms with Crippen molar-refractivity contribution >= 4 is 28.3 Å². The molecule has 0 aliphatic carbocycles. The predicted octanol–water partition coefficient (Wildman–Crippen LogP) is 3.23. The molecule has 1 fully saturated rings. The van der Waals surface area contributed by atoms with E-state index in [-0.39, 0.29) is 12.5 Å². The molecule has 1 aromatic heterocycles. The van der Waals surface area contributed by atoms with E-state index in [9.17, 15) is 9.18 Å². The zero-order chi connectivity index (χ0) is 19.3. The van der Waals surface area contributed by atoms with Gasteiger partial charge in [-0.05, 0) is 36.4 Å². The van der Waals surface area contributed by atoms with Crippen molar-refractivity contribution in [2.45, 2.75) is 0 Å². The van der Waals surface area contributed by atoms with Crippen molar-refractivity contribution in [3.8, 4) is 5.75 Å². The minimum atomic E-state index is -0.410. The van der Waals surface area contributed by atoms with Gasteiger partial charge in [0.2, 0.25) is 0 Å². The van der Waals surface area contributed by atoms with Crippen LogP contribution in [0.3, 0.4) is 0 Å². The lowest BCUT2D eigenvalue weighted by molar-refractivity contribution is -0.118. The summed E-state index contributed by atoms with van der Waals surface area (Å²) in [7, 11) is 0. The lowest BCUT2D eigenvalue weighted by atomic mass is 10.2. The van der Waals surface area contributed by atoms with Gasteiger partial charge in [0.25, 0.3) is 5.91 Å². The number of anilines is 2. The molecule has 1 N–H and O–H groups in total. The average molecular weight is 381 g/mol. The van der Waals surface area contributed by atoms with Crippen LogP contribution in [0.1, 0.15) is 0 Å². The van der Waals surface area contributed by atoms with Crippen LogP contribution in [0.2, 0.25) is 0 Å². The Bertz CT molecular complexity index is 990. The van der Waals surface area contributed by atoms with Crippen molar-refractivity contribution in [3.05, 3.63) is 60.4 Å². The van der Waals surface area contributed by atoms with Crippen molar-refractivity contribution in [2.75, 3.05) is 43.1 Å². The summed E-state index contributed by atoms with van der Waals surface area (Å²) in [4.78, 5) is 19.0. The molecule has 1 aliphatic rings. The minimum Gasteiger partial charge on any atom is -0.481 e. The maximum absolute atomic E-state index is 13.2. The number of nitrogens with zero attached hydrogens (tertiary/aromatic N) is 2. The second-order valence-electron chi connectivity index (χ2n) is 6.44. The maximum Gasteiger partial charge on any atom is 0.262 e. The van der Waals surface area contributed by atoms with E-state index in [1.165, 1.54) is 18.2 Å². The highest BCUT2D eigenvalue weighted by Gasteiger charge is 2.14. The molecule has 1 aliphatic heterocycles. The molecule has 144 valence electrons. The normalized spacial score (nSPS) is 14.1. The molecule has 4 rings (SSSR count). The van der Waals surface area contributed by atoms with Crippen LogP contribution >= 0.6 is 0 Å². The van der Waals surface area contributed by atoms with E-state index in [0.717, 1.165) is 24.3 Å². The molecule has 1 saturated heterocycles. The Morgan fingerprint density at radius 1 is 1.14 bits per heavy atom. The number of aromatic nitrogens is 1. The number of hydrogen-bond acceptors (Lipinski definition) is 5. The number of carbonyl (C=O) groups is 1. The van der Waals surface area contributed by atoms with Crippen LogP contribution < -0.4 is 15.0 Å². The Balaban J connectivity index is 1.48. The molecule has 28 heavy (non-hydrogen) atoms. The van der Waals surface area contributed by atoms with Crippen LogP contribution in [0.5, 0.6) is 5.75 Å². The standard InChI is InChI=1S/C21H20FN3O3/c22-16-4-2-5-17(13-16)23-20(26)14-28-18-6-1-3-15-7-8-19(24-21(15)18)25-9-11-27-12-10-25/h1-8,13H,9-12,14H2,(H,23,26). The number of morpholine rings is 1. The van der Waals surface area contributed by atoms with E-state index in [0.29, 0.717) is 30.2 Å². The second-order valence-corrected chi connectivity index (χ2v) is 6.44. The van der Waals surface area contributed by atoms with Crippen LogP contribution in [0, 0.1) is 5.82 Å². The molecule has 6 nitrogen and oxygen atoms in total. The molecular weight excluding hydrogens is 361 g/mol. The van der Waals surface area contributed by atoms with E-state index in [4.69, 9.17) is 14.5 Å². The molecule has 0 atom stereocenters. The smallest absolute Gasteiger partial charge is 0.262 e. The molecule has 1 amide bonds.